The molecule has 6 nitrogen and oxygen atoms in total. The van der Waals surface area contributed by atoms with Crippen molar-refractivity contribution in [3.05, 3.63) is 60.2 Å². The smallest absolute Gasteiger partial charge is 0.253 e. The second-order valence-corrected chi connectivity index (χ2v) is 9.11. The van der Waals surface area contributed by atoms with E-state index in [4.69, 9.17) is 4.98 Å². The first kappa shape index (κ1) is 20.7. The van der Waals surface area contributed by atoms with Crippen molar-refractivity contribution in [3.63, 3.8) is 0 Å². The molecule has 2 aliphatic rings. The Balaban J connectivity index is 1.37. The molecule has 1 fully saturated rings. The summed E-state index contributed by atoms with van der Waals surface area (Å²) in [4.78, 5) is 33.2. The van der Waals surface area contributed by atoms with Gasteiger partial charge in [0.25, 0.3) is 5.91 Å². The number of hydrogen-bond acceptors (Lipinski definition) is 3. The molecule has 2 heterocycles. The molecule has 1 aliphatic heterocycles. The van der Waals surface area contributed by atoms with Gasteiger partial charge in [0.05, 0.1) is 17.5 Å². The van der Waals surface area contributed by atoms with Crippen LogP contribution in [0.25, 0.3) is 11.0 Å². The molecule has 1 saturated carbocycles. The van der Waals surface area contributed by atoms with Crippen molar-refractivity contribution in [1.82, 2.24) is 14.9 Å². The molecule has 32 heavy (non-hydrogen) atoms. The van der Waals surface area contributed by atoms with Crippen molar-refractivity contribution in [1.29, 1.82) is 0 Å². The minimum atomic E-state index is -0.539. The van der Waals surface area contributed by atoms with Crippen LogP contribution in [0.15, 0.2) is 54.6 Å². The van der Waals surface area contributed by atoms with Crippen LogP contribution in [-0.2, 0) is 16.0 Å². The van der Waals surface area contributed by atoms with Crippen molar-refractivity contribution in [2.24, 2.45) is 5.92 Å². The van der Waals surface area contributed by atoms with E-state index < -0.39 is 6.04 Å². The van der Waals surface area contributed by atoms with E-state index in [2.05, 4.69) is 24.4 Å². The van der Waals surface area contributed by atoms with Gasteiger partial charge in [-0.1, -0.05) is 62.2 Å². The molecule has 3 atom stereocenters. The van der Waals surface area contributed by atoms with E-state index >= 15 is 0 Å². The zero-order valence-corrected chi connectivity index (χ0v) is 18.5. The second-order valence-electron chi connectivity index (χ2n) is 9.11. The number of benzene rings is 2. The van der Waals surface area contributed by atoms with Crippen LogP contribution < -0.4 is 10.2 Å². The van der Waals surface area contributed by atoms with Gasteiger partial charge in [0, 0.05) is 12.6 Å². The minimum absolute atomic E-state index is 0.00946. The highest BCUT2D eigenvalue weighted by Gasteiger charge is 2.45. The lowest BCUT2D eigenvalue weighted by atomic mass is 9.85. The summed E-state index contributed by atoms with van der Waals surface area (Å²) < 4.78 is 2.00. The highest BCUT2D eigenvalue weighted by atomic mass is 16.2. The number of aromatic nitrogens is 2. The van der Waals surface area contributed by atoms with Crippen LogP contribution in [-0.4, -0.2) is 34.0 Å². The van der Waals surface area contributed by atoms with E-state index in [0.717, 1.165) is 36.7 Å². The van der Waals surface area contributed by atoms with E-state index in [9.17, 15) is 9.59 Å². The van der Waals surface area contributed by atoms with Gasteiger partial charge in [0.15, 0.2) is 0 Å². The number of hydrogen-bond donors (Lipinski definition) is 1. The molecule has 2 aromatic carbocycles. The molecule has 3 unspecified atom stereocenters. The number of fused-ring (bicyclic) bond motifs is 3. The number of imidazole rings is 1. The Bertz CT molecular complexity index is 1120. The maximum atomic E-state index is 13.6. The number of amides is 2. The average molecular weight is 431 g/mol. The van der Waals surface area contributed by atoms with Gasteiger partial charge >= 0.3 is 0 Å². The predicted octanol–water partition coefficient (Wildman–Crippen LogP) is 4.25. The Kier molecular flexibility index (Phi) is 5.68. The number of carbonyl (C=O) groups is 2. The second kappa shape index (κ2) is 8.77. The number of nitrogens with one attached hydrogen (secondary N) is 1. The van der Waals surface area contributed by atoms with Gasteiger partial charge in [-0.3, -0.25) is 19.1 Å². The fourth-order valence-corrected chi connectivity index (χ4v) is 5.29. The highest BCUT2D eigenvalue weighted by molar-refractivity contribution is 6.04. The summed E-state index contributed by atoms with van der Waals surface area (Å²) in [5, 5.41) is 3.01. The van der Waals surface area contributed by atoms with Crippen LogP contribution in [0.2, 0.25) is 0 Å². The number of nitrogens with zero attached hydrogens (tertiary/aromatic N) is 3. The quantitative estimate of drug-likeness (QED) is 0.636. The molecular formula is C26H30N4O2. The topological polar surface area (TPSA) is 67.2 Å². The Hall–Kier alpha value is -3.15. The Morgan fingerprint density at radius 1 is 1.06 bits per heavy atom. The maximum absolute atomic E-state index is 13.6. The van der Waals surface area contributed by atoms with Crippen molar-refractivity contribution < 1.29 is 9.59 Å². The van der Waals surface area contributed by atoms with Gasteiger partial charge in [-0.2, -0.15) is 0 Å². The van der Waals surface area contributed by atoms with Crippen LogP contribution in [0.5, 0.6) is 0 Å². The largest absolute Gasteiger partial charge is 0.356 e. The van der Waals surface area contributed by atoms with Crippen LogP contribution in [0.1, 0.15) is 50.6 Å². The van der Waals surface area contributed by atoms with Gasteiger partial charge in [0.1, 0.15) is 6.04 Å². The monoisotopic (exact) mass is 430 g/mol. The molecule has 0 radical (unpaired) electrons. The van der Waals surface area contributed by atoms with Gasteiger partial charge in [-0.05, 0) is 42.9 Å². The number of rotatable bonds is 6. The molecule has 1 N–H and O–H groups in total. The van der Waals surface area contributed by atoms with Crippen molar-refractivity contribution in [2.75, 3.05) is 11.4 Å². The summed E-state index contributed by atoms with van der Waals surface area (Å²) >= 11 is 0. The summed E-state index contributed by atoms with van der Waals surface area (Å²) in [5.74, 6) is 1.05. The number of para-hydroxylation sites is 2. The van der Waals surface area contributed by atoms with E-state index in [0.29, 0.717) is 18.4 Å². The Labute approximate surface area is 188 Å². The van der Waals surface area contributed by atoms with Crippen molar-refractivity contribution >= 4 is 28.8 Å². The number of anilines is 1. The lowest BCUT2D eigenvalue weighted by Gasteiger charge is -2.35. The van der Waals surface area contributed by atoms with E-state index in [-0.39, 0.29) is 24.3 Å². The molecule has 0 saturated heterocycles. The zero-order valence-electron chi connectivity index (χ0n) is 18.5. The molecular weight excluding hydrogens is 400 g/mol. The predicted molar refractivity (Wildman–Crippen MR) is 125 cm³/mol. The third kappa shape index (κ3) is 3.78. The third-order valence-electron chi connectivity index (χ3n) is 6.98. The summed E-state index contributed by atoms with van der Waals surface area (Å²) in [5.41, 5.74) is 2.98. The minimum Gasteiger partial charge on any atom is -0.356 e. The van der Waals surface area contributed by atoms with Crippen molar-refractivity contribution in [3.8, 4) is 0 Å². The first-order valence-corrected chi connectivity index (χ1v) is 11.7. The molecule has 166 valence electrons. The van der Waals surface area contributed by atoms with Crippen LogP contribution in [0, 0.1) is 5.92 Å². The Morgan fingerprint density at radius 3 is 2.62 bits per heavy atom. The van der Waals surface area contributed by atoms with Gasteiger partial charge in [0.2, 0.25) is 11.9 Å². The molecule has 6 heteroatoms. The third-order valence-corrected chi connectivity index (χ3v) is 6.98. The molecule has 1 aliphatic carbocycles. The zero-order chi connectivity index (χ0) is 22.1. The molecule has 5 rings (SSSR count). The van der Waals surface area contributed by atoms with Crippen LogP contribution in [0.4, 0.5) is 5.95 Å². The fraction of sp³-hybridized carbons (Fsp3) is 0.423. The van der Waals surface area contributed by atoms with E-state index in [1.807, 2.05) is 51.9 Å². The summed E-state index contributed by atoms with van der Waals surface area (Å²) in [6.07, 6.45) is 5.37. The lowest BCUT2D eigenvalue weighted by Crippen LogP contribution is -2.45. The molecule has 2 amide bonds. The molecule has 0 bridgehead atoms. The highest BCUT2D eigenvalue weighted by Crippen LogP contribution is 2.41. The summed E-state index contributed by atoms with van der Waals surface area (Å²) in [7, 11) is 0. The molecule has 3 aromatic rings. The van der Waals surface area contributed by atoms with Gasteiger partial charge in [-0.25, -0.2) is 4.98 Å². The summed E-state index contributed by atoms with van der Waals surface area (Å²) in [6.45, 7) is 2.79. The SMILES string of the molecule is CC1CCCCC1N1C(=O)C(CC(=O)NCCc2ccccc2)n2c1nc1ccccc12. The first-order chi connectivity index (χ1) is 15.6. The van der Waals surface area contributed by atoms with Gasteiger partial charge < -0.3 is 5.32 Å². The fourth-order valence-electron chi connectivity index (χ4n) is 5.29. The Morgan fingerprint density at radius 2 is 1.81 bits per heavy atom. The maximum Gasteiger partial charge on any atom is 0.253 e. The number of carbonyl (C=O) groups excluding carboxylic acids is 2. The lowest BCUT2D eigenvalue weighted by molar-refractivity contribution is -0.127. The standard InChI is InChI=1S/C26H30N4O2/c1-18-9-5-7-13-21(18)30-25(32)23(29-22-14-8-6-12-20(22)28-26(29)30)17-24(31)27-16-15-19-10-3-2-4-11-19/h2-4,6,8,10-12,14,18,21,23H,5,7,9,13,15-17H2,1H3,(H,27,31). The van der Waals surface area contributed by atoms with Gasteiger partial charge in [-0.15, -0.1) is 0 Å². The first-order valence-electron chi connectivity index (χ1n) is 11.7. The van der Waals surface area contributed by atoms with E-state index in [1.54, 1.807) is 0 Å². The van der Waals surface area contributed by atoms with E-state index in [1.165, 1.54) is 12.0 Å². The summed E-state index contributed by atoms with van der Waals surface area (Å²) in [6, 6.07) is 17.6. The molecule has 1 aromatic heterocycles. The van der Waals surface area contributed by atoms with Crippen LogP contribution >= 0.6 is 0 Å². The average Bonchev–Trinajstić information content (AvgIpc) is 3.29. The molecule has 0 spiro atoms. The normalized spacial score (nSPS) is 22.8. The van der Waals surface area contributed by atoms with Crippen molar-refractivity contribution in [2.45, 2.75) is 57.5 Å². The van der Waals surface area contributed by atoms with Crippen LogP contribution in [0.3, 0.4) is 0 Å².